The molecule has 2 aliphatic rings. The number of hydrogen-bond acceptors (Lipinski definition) is 6. The molecule has 2 heterocycles. The molecule has 1 fully saturated rings. The van der Waals surface area contributed by atoms with Gasteiger partial charge in [0.15, 0.2) is 11.5 Å². The van der Waals surface area contributed by atoms with E-state index in [4.69, 9.17) is 19.9 Å². The Kier molecular flexibility index (Phi) is 4.77. The van der Waals surface area contributed by atoms with Crippen molar-refractivity contribution >= 4 is 11.8 Å². The van der Waals surface area contributed by atoms with Gasteiger partial charge in [0.25, 0.3) is 0 Å². The minimum atomic E-state index is 0.201. The molecule has 2 aliphatic heterocycles. The number of fused-ring (bicyclic) bond motifs is 1. The fourth-order valence-corrected chi connectivity index (χ4v) is 3.82. The first kappa shape index (κ1) is 14.8. The number of rotatable bonds is 4. The Morgan fingerprint density at radius 1 is 1.33 bits per heavy atom. The molecule has 0 aliphatic carbocycles. The molecule has 0 aromatic heterocycles. The van der Waals surface area contributed by atoms with Gasteiger partial charge in [-0.15, -0.1) is 0 Å². The number of hydrogen-bond donors (Lipinski definition) is 1. The predicted molar refractivity (Wildman–Crippen MR) is 84.4 cm³/mol. The van der Waals surface area contributed by atoms with Gasteiger partial charge >= 0.3 is 0 Å². The van der Waals surface area contributed by atoms with E-state index in [1.165, 1.54) is 12.2 Å². The van der Waals surface area contributed by atoms with Crippen molar-refractivity contribution < 1.29 is 14.2 Å². The van der Waals surface area contributed by atoms with Crippen LogP contribution in [-0.4, -0.2) is 49.9 Å². The van der Waals surface area contributed by atoms with E-state index in [1.807, 2.05) is 23.9 Å². The molecule has 1 unspecified atom stereocenters. The van der Waals surface area contributed by atoms with Crippen LogP contribution in [0.5, 0.6) is 17.2 Å². The summed E-state index contributed by atoms with van der Waals surface area (Å²) in [5.74, 6) is 4.58. The molecule has 1 aromatic carbocycles. The van der Waals surface area contributed by atoms with Crippen molar-refractivity contribution in [1.29, 1.82) is 0 Å². The van der Waals surface area contributed by atoms with Crippen LogP contribution in [0, 0.1) is 0 Å². The van der Waals surface area contributed by atoms with Crippen molar-refractivity contribution in [2.24, 2.45) is 5.73 Å². The number of thioether (sulfide) groups is 1. The van der Waals surface area contributed by atoms with Crippen LogP contribution in [0.3, 0.4) is 0 Å². The Morgan fingerprint density at radius 3 is 3.05 bits per heavy atom. The zero-order valence-electron chi connectivity index (χ0n) is 12.3. The third-order valence-corrected chi connectivity index (χ3v) is 5.03. The van der Waals surface area contributed by atoms with Crippen molar-refractivity contribution in [1.82, 2.24) is 4.90 Å². The van der Waals surface area contributed by atoms with E-state index in [0.29, 0.717) is 12.3 Å². The fourth-order valence-electron chi connectivity index (χ4n) is 2.92. The smallest absolute Gasteiger partial charge is 0.231 e. The summed E-state index contributed by atoms with van der Waals surface area (Å²) in [5.41, 5.74) is 7.21. The quantitative estimate of drug-likeness (QED) is 0.916. The van der Waals surface area contributed by atoms with Crippen LogP contribution in [-0.2, 0) is 0 Å². The van der Waals surface area contributed by atoms with Gasteiger partial charge in [-0.3, -0.25) is 4.90 Å². The average Bonchev–Trinajstić information content (AvgIpc) is 2.82. The highest BCUT2D eigenvalue weighted by Crippen LogP contribution is 2.43. The van der Waals surface area contributed by atoms with Crippen LogP contribution in [0.15, 0.2) is 12.1 Å². The van der Waals surface area contributed by atoms with Gasteiger partial charge in [-0.05, 0) is 36.4 Å². The van der Waals surface area contributed by atoms with Crippen molar-refractivity contribution in [3.05, 3.63) is 17.7 Å². The molecule has 6 heteroatoms. The summed E-state index contributed by atoms with van der Waals surface area (Å²) in [6, 6.07) is 4.27. The minimum absolute atomic E-state index is 0.201. The molecule has 0 spiro atoms. The molecule has 1 saturated heterocycles. The second kappa shape index (κ2) is 6.77. The van der Waals surface area contributed by atoms with Gasteiger partial charge in [0.1, 0.15) is 0 Å². The van der Waals surface area contributed by atoms with Crippen molar-refractivity contribution in [2.45, 2.75) is 12.5 Å². The predicted octanol–water partition coefficient (Wildman–Crippen LogP) is 1.86. The van der Waals surface area contributed by atoms with E-state index in [0.717, 1.165) is 35.9 Å². The molecule has 1 aromatic rings. The van der Waals surface area contributed by atoms with Crippen LogP contribution in [0.25, 0.3) is 0 Å². The van der Waals surface area contributed by atoms with Gasteiger partial charge in [-0.25, -0.2) is 0 Å². The first-order valence-corrected chi connectivity index (χ1v) is 8.48. The van der Waals surface area contributed by atoms with E-state index in [1.54, 1.807) is 7.11 Å². The highest BCUT2D eigenvalue weighted by atomic mass is 32.2. The summed E-state index contributed by atoms with van der Waals surface area (Å²) in [6.07, 6.45) is 1.21. The lowest BCUT2D eigenvalue weighted by molar-refractivity contribution is 0.171. The Hall–Kier alpha value is -1.11. The fraction of sp³-hybridized carbons (Fsp3) is 0.600. The van der Waals surface area contributed by atoms with E-state index >= 15 is 0 Å². The average molecular weight is 310 g/mol. The molecular weight excluding hydrogens is 288 g/mol. The van der Waals surface area contributed by atoms with Gasteiger partial charge in [0, 0.05) is 24.9 Å². The van der Waals surface area contributed by atoms with E-state index < -0.39 is 0 Å². The van der Waals surface area contributed by atoms with Gasteiger partial charge in [0.2, 0.25) is 12.5 Å². The Morgan fingerprint density at radius 2 is 2.24 bits per heavy atom. The van der Waals surface area contributed by atoms with Crippen LogP contribution < -0.4 is 19.9 Å². The molecule has 0 radical (unpaired) electrons. The first-order chi connectivity index (χ1) is 10.3. The summed E-state index contributed by atoms with van der Waals surface area (Å²) >= 11 is 2.02. The number of benzene rings is 1. The standard InChI is InChI=1S/C15H22N2O3S/c1-18-13-7-11(8-14-15(13)20-10-19-14)12(9-16)17-3-2-5-21-6-4-17/h7-8,12H,2-6,9-10,16H2,1H3. The van der Waals surface area contributed by atoms with Gasteiger partial charge in [-0.2, -0.15) is 11.8 Å². The molecule has 0 bridgehead atoms. The molecule has 3 rings (SSSR count). The molecule has 0 saturated carbocycles. The SMILES string of the molecule is COc1cc(C(CN)N2CCCSCC2)cc2c1OCO2. The topological polar surface area (TPSA) is 57.0 Å². The lowest BCUT2D eigenvalue weighted by Gasteiger charge is -2.30. The molecular formula is C15H22N2O3S. The van der Waals surface area contributed by atoms with Gasteiger partial charge in [0.05, 0.1) is 7.11 Å². The Balaban J connectivity index is 1.89. The lowest BCUT2D eigenvalue weighted by Crippen LogP contribution is -2.35. The monoisotopic (exact) mass is 310 g/mol. The maximum Gasteiger partial charge on any atom is 0.231 e. The molecule has 5 nitrogen and oxygen atoms in total. The molecule has 2 N–H and O–H groups in total. The van der Waals surface area contributed by atoms with Crippen LogP contribution in [0.1, 0.15) is 18.0 Å². The molecule has 0 amide bonds. The Labute approximate surface area is 129 Å². The zero-order valence-corrected chi connectivity index (χ0v) is 13.2. The summed E-state index contributed by atoms with van der Waals surface area (Å²) in [5, 5.41) is 0. The maximum absolute atomic E-state index is 6.06. The number of methoxy groups -OCH3 is 1. The summed E-state index contributed by atoms with van der Waals surface area (Å²) < 4.78 is 16.4. The number of nitrogens with two attached hydrogens (primary N) is 1. The van der Waals surface area contributed by atoms with Crippen molar-refractivity contribution in [2.75, 3.05) is 45.0 Å². The normalized spacial score (nSPS) is 20.1. The number of nitrogens with zero attached hydrogens (tertiary/aromatic N) is 1. The van der Waals surface area contributed by atoms with Gasteiger partial charge in [-0.1, -0.05) is 0 Å². The van der Waals surface area contributed by atoms with E-state index in [9.17, 15) is 0 Å². The Bertz CT molecular complexity index is 490. The summed E-state index contributed by atoms with van der Waals surface area (Å²) in [4.78, 5) is 2.47. The molecule has 1 atom stereocenters. The summed E-state index contributed by atoms with van der Waals surface area (Å²) in [6.45, 7) is 3.01. The second-order valence-corrected chi connectivity index (χ2v) is 6.44. The van der Waals surface area contributed by atoms with Gasteiger partial charge < -0.3 is 19.9 Å². The number of ether oxygens (including phenoxy) is 3. The second-order valence-electron chi connectivity index (χ2n) is 5.21. The lowest BCUT2D eigenvalue weighted by atomic mass is 10.0. The zero-order chi connectivity index (χ0) is 14.7. The molecule has 21 heavy (non-hydrogen) atoms. The highest BCUT2D eigenvalue weighted by Gasteiger charge is 2.26. The maximum atomic E-state index is 6.06. The largest absolute Gasteiger partial charge is 0.493 e. The van der Waals surface area contributed by atoms with Crippen LogP contribution in [0.4, 0.5) is 0 Å². The minimum Gasteiger partial charge on any atom is -0.493 e. The third kappa shape index (κ3) is 3.07. The van der Waals surface area contributed by atoms with Crippen molar-refractivity contribution in [3.63, 3.8) is 0 Å². The molecule has 116 valence electrons. The first-order valence-electron chi connectivity index (χ1n) is 7.33. The van der Waals surface area contributed by atoms with Crippen LogP contribution in [0.2, 0.25) is 0 Å². The third-order valence-electron chi connectivity index (χ3n) is 3.99. The highest BCUT2D eigenvalue weighted by molar-refractivity contribution is 7.99. The van der Waals surface area contributed by atoms with E-state index in [-0.39, 0.29) is 12.8 Å². The van der Waals surface area contributed by atoms with E-state index in [2.05, 4.69) is 4.90 Å². The van der Waals surface area contributed by atoms with Crippen LogP contribution >= 0.6 is 11.8 Å². The van der Waals surface area contributed by atoms with Crippen molar-refractivity contribution in [3.8, 4) is 17.2 Å². The summed E-state index contributed by atoms with van der Waals surface area (Å²) in [7, 11) is 1.65.